The average molecular weight is 406 g/mol. The van der Waals surface area contributed by atoms with Gasteiger partial charge in [0.1, 0.15) is 5.82 Å². The number of aromatic nitrogens is 2. The number of piperidine rings is 2. The Kier molecular flexibility index (Phi) is 5.50. The fraction of sp³-hybridized carbons (Fsp3) is 0.579. The molecule has 8 nitrogen and oxygen atoms in total. The number of hydrogen-bond donors (Lipinski definition) is 3. The Morgan fingerprint density at radius 3 is 2.89 bits per heavy atom. The lowest BCUT2D eigenvalue weighted by atomic mass is 9.93. The second-order valence-electron chi connectivity index (χ2n) is 7.76. The van der Waals surface area contributed by atoms with E-state index >= 15 is 0 Å². The number of fused-ring (bicyclic) bond motifs is 1. The number of nitrogens with zero attached hydrogens (tertiary/aromatic N) is 3. The van der Waals surface area contributed by atoms with Crippen LogP contribution < -0.4 is 10.6 Å². The predicted molar refractivity (Wildman–Crippen MR) is 109 cm³/mol. The first kappa shape index (κ1) is 19.5. The number of aliphatic hydroxyl groups excluding tert-OH is 1. The van der Waals surface area contributed by atoms with Crippen LogP contribution >= 0.6 is 0 Å². The quantitative estimate of drug-likeness (QED) is 0.694. The summed E-state index contributed by atoms with van der Waals surface area (Å²) in [4.78, 5) is 9.14. The van der Waals surface area contributed by atoms with E-state index in [-0.39, 0.29) is 12.6 Å². The van der Waals surface area contributed by atoms with Crippen LogP contribution in [0.1, 0.15) is 30.9 Å². The predicted octanol–water partition coefficient (Wildman–Crippen LogP) is 0.903. The van der Waals surface area contributed by atoms with E-state index in [1.54, 1.807) is 0 Å². The lowest BCUT2D eigenvalue weighted by Crippen LogP contribution is -2.51. The van der Waals surface area contributed by atoms with Crippen LogP contribution in [0.4, 0.5) is 5.82 Å². The van der Waals surface area contributed by atoms with Crippen molar-refractivity contribution >= 4 is 26.6 Å². The van der Waals surface area contributed by atoms with Gasteiger partial charge in [0.2, 0.25) is 10.0 Å². The highest BCUT2D eigenvalue weighted by Crippen LogP contribution is 2.29. The van der Waals surface area contributed by atoms with Crippen LogP contribution in [-0.4, -0.2) is 72.4 Å². The minimum atomic E-state index is -3.29. The molecule has 28 heavy (non-hydrogen) atoms. The molecule has 0 radical (unpaired) electrons. The Morgan fingerprint density at radius 2 is 2.18 bits per heavy atom. The molecule has 0 aromatic carbocycles. The van der Waals surface area contributed by atoms with E-state index in [0.717, 1.165) is 42.4 Å². The molecular weight excluding hydrogens is 378 g/mol. The van der Waals surface area contributed by atoms with E-state index in [2.05, 4.69) is 20.6 Å². The van der Waals surface area contributed by atoms with Gasteiger partial charge in [0, 0.05) is 48.7 Å². The zero-order chi connectivity index (χ0) is 19.7. The van der Waals surface area contributed by atoms with Crippen LogP contribution in [0.2, 0.25) is 0 Å². The number of hydrogen-bond acceptors (Lipinski definition) is 7. The molecule has 2 aromatic heterocycles. The van der Waals surface area contributed by atoms with Crippen molar-refractivity contribution in [3.05, 3.63) is 30.2 Å². The molecule has 152 valence electrons. The number of nitrogens with one attached hydrogen (secondary N) is 2. The highest BCUT2D eigenvalue weighted by Gasteiger charge is 2.32. The Bertz CT molecular complexity index is 946. The summed E-state index contributed by atoms with van der Waals surface area (Å²) in [6.07, 6.45) is 6.85. The zero-order valence-electron chi connectivity index (χ0n) is 16.0. The summed E-state index contributed by atoms with van der Waals surface area (Å²) in [7, 11) is -3.29. The Hall–Kier alpha value is -1.81. The third-order valence-electron chi connectivity index (χ3n) is 5.71. The molecule has 4 rings (SSSR count). The van der Waals surface area contributed by atoms with Gasteiger partial charge in [-0.1, -0.05) is 0 Å². The van der Waals surface area contributed by atoms with Crippen molar-refractivity contribution < 1.29 is 13.5 Å². The van der Waals surface area contributed by atoms with E-state index in [1.807, 2.05) is 24.5 Å². The summed E-state index contributed by atoms with van der Waals surface area (Å²) in [6, 6.07) is 3.73. The van der Waals surface area contributed by atoms with Crippen LogP contribution in [0.5, 0.6) is 0 Å². The van der Waals surface area contributed by atoms with Crippen LogP contribution in [0.15, 0.2) is 24.5 Å². The van der Waals surface area contributed by atoms with E-state index in [0.29, 0.717) is 24.7 Å². The second-order valence-corrected chi connectivity index (χ2v) is 9.74. The third kappa shape index (κ3) is 4.12. The Morgan fingerprint density at radius 1 is 1.32 bits per heavy atom. The number of sulfonamides is 1. The first-order valence-electron chi connectivity index (χ1n) is 9.77. The standard InChI is InChI=1S/C19H27N5O3S/c1-28(26,27)24-8-5-16(17(25)12-24)23-18-9-15-13(11-22-18)4-7-21-19(15)14-3-2-6-20-10-14/h4,7,9,11,14,16-17,20,25H,2-3,5-6,8,10,12H2,1H3,(H,22,23)/t14?,16-,17-/m1/s1. The molecule has 0 saturated carbocycles. The Balaban J connectivity index is 1.55. The largest absolute Gasteiger partial charge is 0.390 e. The fourth-order valence-electron chi connectivity index (χ4n) is 4.14. The summed E-state index contributed by atoms with van der Waals surface area (Å²) in [5, 5.41) is 19.3. The number of rotatable bonds is 4. The first-order valence-corrected chi connectivity index (χ1v) is 11.6. The van der Waals surface area contributed by atoms with Gasteiger partial charge < -0.3 is 15.7 Å². The molecule has 3 N–H and O–H groups in total. The molecule has 2 aromatic rings. The third-order valence-corrected chi connectivity index (χ3v) is 6.98. The van der Waals surface area contributed by atoms with E-state index in [4.69, 9.17) is 0 Å². The van der Waals surface area contributed by atoms with Gasteiger partial charge in [0.15, 0.2) is 0 Å². The molecule has 4 heterocycles. The monoisotopic (exact) mass is 405 g/mol. The van der Waals surface area contributed by atoms with Crippen LogP contribution in [0, 0.1) is 0 Å². The molecule has 2 saturated heterocycles. The van der Waals surface area contributed by atoms with Gasteiger partial charge in [-0.05, 0) is 37.9 Å². The summed E-state index contributed by atoms with van der Waals surface area (Å²) in [5.74, 6) is 1.07. The van der Waals surface area contributed by atoms with Gasteiger partial charge >= 0.3 is 0 Å². The topological polar surface area (TPSA) is 107 Å². The molecule has 3 atom stereocenters. The highest BCUT2D eigenvalue weighted by molar-refractivity contribution is 7.88. The second kappa shape index (κ2) is 7.90. The number of β-amino-alcohol motifs (C(OH)–C–C–N with tert-alkyl or cyclic N) is 1. The van der Waals surface area contributed by atoms with Crippen molar-refractivity contribution in [2.45, 2.75) is 37.3 Å². The number of anilines is 1. The van der Waals surface area contributed by atoms with Gasteiger partial charge in [-0.15, -0.1) is 0 Å². The molecule has 2 aliphatic rings. The minimum absolute atomic E-state index is 0.102. The van der Waals surface area contributed by atoms with Crippen molar-refractivity contribution in [3.8, 4) is 0 Å². The smallest absolute Gasteiger partial charge is 0.211 e. The average Bonchev–Trinajstić information content (AvgIpc) is 2.69. The van der Waals surface area contributed by atoms with E-state index in [9.17, 15) is 13.5 Å². The van der Waals surface area contributed by atoms with Gasteiger partial charge in [-0.2, -0.15) is 4.31 Å². The molecular formula is C19H27N5O3S. The Labute approximate surface area is 165 Å². The molecule has 1 unspecified atom stereocenters. The highest BCUT2D eigenvalue weighted by atomic mass is 32.2. The van der Waals surface area contributed by atoms with Gasteiger partial charge in [-0.3, -0.25) is 4.98 Å². The molecule has 0 aliphatic carbocycles. The molecule has 9 heteroatoms. The molecule has 0 bridgehead atoms. The van der Waals surface area contributed by atoms with Gasteiger partial charge in [0.05, 0.1) is 24.1 Å². The lowest BCUT2D eigenvalue weighted by Gasteiger charge is -2.35. The molecule has 2 aliphatic heterocycles. The summed E-state index contributed by atoms with van der Waals surface area (Å²) in [6.45, 7) is 2.48. The summed E-state index contributed by atoms with van der Waals surface area (Å²) >= 11 is 0. The lowest BCUT2D eigenvalue weighted by molar-refractivity contribution is 0.0952. The minimum Gasteiger partial charge on any atom is -0.390 e. The van der Waals surface area contributed by atoms with Crippen LogP contribution in [0.25, 0.3) is 10.8 Å². The zero-order valence-corrected chi connectivity index (χ0v) is 16.8. The van der Waals surface area contributed by atoms with Crippen LogP contribution in [0.3, 0.4) is 0 Å². The summed E-state index contributed by atoms with van der Waals surface area (Å²) < 4.78 is 24.7. The maximum absolute atomic E-state index is 11.7. The van der Waals surface area contributed by atoms with Crippen molar-refractivity contribution in [2.24, 2.45) is 0 Å². The van der Waals surface area contributed by atoms with Crippen molar-refractivity contribution in [2.75, 3.05) is 37.8 Å². The van der Waals surface area contributed by atoms with E-state index in [1.165, 1.54) is 10.6 Å². The molecule has 0 amide bonds. The first-order chi connectivity index (χ1) is 13.4. The van der Waals surface area contributed by atoms with Gasteiger partial charge in [-0.25, -0.2) is 13.4 Å². The van der Waals surface area contributed by atoms with E-state index < -0.39 is 16.1 Å². The molecule has 0 spiro atoms. The van der Waals surface area contributed by atoms with Crippen molar-refractivity contribution in [3.63, 3.8) is 0 Å². The maximum Gasteiger partial charge on any atom is 0.211 e. The summed E-state index contributed by atoms with van der Waals surface area (Å²) in [5.41, 5.74) is 1.09. The SMILES string of the molecule is CS(=O)(=O)N1CC[C@@H](Nc2cc3c(C4CCCNC4)nccc3cn2)[C@H](O)C1. The number of aliphatic hydroxyl groups is 1. The maximum atomic E-state index is 11.7. The molecule has 2 fully saturated rings. The van der Waals surface area contributed by atoms with Crippen LogP contribution in [-0.2, 0) is 10.0 Å². The normalized spacial score (nSPS) is 27.0. The number of pyridine rings is 2. The fourth-order valence-corrected chi connectivity index (χ4v) is 5.00. The van der Waals surface area contributed by atoms with Crippen molar-refractivity contribution in [1.29, 1.82) is 0 Å². The van der Waals surface area contributed by atoms with Gasteiger partial charge in [0.25, 0.3) is 0 Å². The van der Waals surface area contributed by atoms with Crippen molar-refractivity contribution in [1.82, 2.24) is 19.6 Å².